The Morgan fingerprint density at radius 2 is 0.889 bits per heavy atom. The van der Waals surface area contributed by atoms with E-state index in [1.54, 1.807) is 67.1 Å². The predicted octanol–water partition coefficient (Wildman–Crippen LogP) is 5.84. The minimum absolute atomic E-state index is 0.0974. The van der Waals surface area contributed by atoms with Gasteiger partial charge in [-0.1, -0.05) is 0 Å². The minimum Gasteiger partial charge on any atom is -0.382 e. The van der Waals surface area contributed by atoms with Gasteiger partial charge in [0, 0.05) is 40.8 Å². The molecule has 8 atom stereocenters. The molecule has 0 bridgehead atoms. The zero-order valence-corrected chi connectivity index (χ0v) is 46.1. The summed E-state index contributed by atoms with van der Waals surface area (Å²) in [7, 11) is -1.15. The van der Waals surface area contributed by atoms with E-state index in [9.17, 15) is 16.8 Å². The van der Waals surface area contributed by atoms with E-state index in [2.05, 4.69) is 40.3 Å². The van der Waals surface area contributed by atoms with Gasteiger partial charge in [0.15, 0.2) is 31.3 Å². The van der Waals surface area contributed by atoms with Crippen molar-refractivity contribution in [2.45, 2.75) is 178 Å². The topological polar surface area (TPSA) is 255 Å². The quantitative estimate of drug-likeness (QED) is 0.0716. The highest BCUT2D eigenvalue weighted by molar-refractivity contribution is 7.91. The lowest BCUT2D eigenvalue weighted by molar-refractivity contribution is 0.00358. The lowest BCUT2D eigenvalue weighted by atomic mass is 10.2. The van der Waals surface area contributed by atoms with Crippen LogP contribution < -0.4 is 0 Å². The van der Waals surface area contributed by atoms with Crippen LogP contribution in [-0.2, 0) is 69.1 Å². The average molecular weight is 1050 g/mol. The summed E-state index contributed by atoms with van der Waals surface area (Å²) in [5, 5.41) is 15.6. The van der Waals surface area contributed by atoms with Gasteiger partial charge in [0.05, 0.1) is 109 Å². The second-order valence-corrected chi connectivity index (χ2v) is 24.0. The molecule has 2 saturated heterocycles. The molecule has 0 unspecified atom stereocenters. The van der Waals surface area contributed by atoms with E-state index in [1.807, 2.05) is 64.5 Å². The van der Waals surface area contributed by atoms with E-state index < -0.39 is 42.4 Å². The van der Waals surface area contributed by atoms with Crippen molar-refractivity contribution in [3.8, 4) is 0 Å². The fourth-order valence-corrected chi connectivity index (χ4v) is 11.6. The van der Waals surface area contributed by atoms with E-state index in [4.69, 9.17) is 37.9 Å². The Labute approximate surface area is 425 Å². The number of nitrogens with zero attached hydrogens (tertiary/aromatic N) is 10. The van der Waals surface area contributed by atoms with Crippen LogP contribution in [0.4, 0.5) is 0 Å². The highest BCUT2D eigenvalue weighted by Crippen LogP contribution is 2.37. The van der Waals surface area contributed by atoms with Crippen LogP contribution in [0.1, 0.15) is 164 Å². The van der Waals surface area contributed by atoms with Crippen molar-refractivity contribution in [3.05, 3.63) is 70.9 Å². The molecule has 4 aromatic heterocycles. The Bertz CT molecular complexity index is 2310. The van der Waals surface area contributed by atoms with E-state index in [1.165, 1.54) is 0 Å². The van der Waals surface area contributed by atoms with E-state index in [-0.39, 0.29) is 60.2 Å². The maximum atomic E-state index is 13.7. The number of sulfone groups is 2. The van der Waals surface area contributed by atoms with Crippen molar-refractivity contribution >= 4 is 19.7 Å². The van der Waals surface area contributed by atoms with Crippen LogP contribution in [0.15, 0.2) is 24.8 Å². The van der Waals surface area contributed by atoms with Crippen LogP contribution >= 0.6 is 0 Å². The SMILES string of the molecule is COCC(COC)n1c(CS(=O)(=O)[C@@H](C)[C@@H](OC(C)C)c2cnc(C)cn2)nnc1[C@@H]1CC[C@H](C)O1.COCC(COC)n1c(CS(=O)(=O)[C@@H](C)[C@@H](OC(C)C)c2cnc(C)cn2)nnc1[C@H]1CC[C@@H](C)O1. The Hall–Kier alpha value is -3.98. The number of hydrogen-bond acceptors (Lipinski definition) is 20. The third kappa shape index (κ3) is 15.5. The monoisotopic (exact) mass is 1050 g/mol. The van der Waals surface area contributed by atoms with Crippen LogP contribution in [0.5, 0.6) is 0 Å². The summed E-state index contributed by atoms with van der Waals surface area (Å²) in [6.07, 6.45) is 7.39. The summed E-state index contributed by atoms with van der Waals surface area (Å²) < 4.78 is 104. The van der Waals surface area contributed by atoms with E-state index >= 15 is 0 Å². The highest BCUT2D eigenvalue weighted by Gasteiger charge is 2.40. The van der Waals surface area contributed by atoms with Crippen LogP contribution in [0.3, 0.4) is 0 Å². The minimum atomic E-state index is -3.76. The highest BCUT2D eigenvalue weighted by atomic mass is 32.2. The molecular formula is C48H78N10O12S2. The third-order valence-corrected chi connectivity index (χ3v) is 16.5. The molecule has 0 radical (unpaired) electrons. The molecule has 0 saturated carbocycles. The molecule has 72 heavy (non-hydrogen) atoms. The molecule has 0 amide bonds. The molecule has 0 N–H and O–H groups in total. The van der Waals surface area contributed by atoms with Crippen LogP contribution in [0.25, 0.3) is 0 Å². The van der Waals surface area contributed by atoms with Gasteiger partial charge >= 0.3 is 0 Å². The fraction of sp³-hybridized carbons (Fsp3) is 0.750. The lowest BCUT2D eigenvalue weighted by Crippen LogP contribution is -2.32. The smallest absolute Gasteiger partial charge is 0.163 e. The summed E-state index contributed by atoms with van der Waals surface area (Å²) in [6.45, 7) is 19.6. The molecule has 2 aliphatic rings. The summed E-state index contributed by atoms with van der Waals surface area (Å²) in [6, 6.07) is -0.619. The summed E-state index contributed by atoms with van der Waals surface area (Å²) >= 11 is 0. The first-order valence-corrected chi connectivity index (χ1v) is 28.0. The molecular weight excluding hydrogens is 973 g/mol. The number of methoxy groups -OCH3 is 4. The van der Waals surface area contributed by atoms with Gasteiger partial charge in [0.2, 0.25) is 0 Å². The molecule has 22 nitrogen and oxygen atoms in total. The van der Waals surface area contributed by atoms with Crippen molar-refractivity contribution in [1.29, 1.82) is 0 Å². The molecule has 6 rings (SSSR count). The molecule has 404 valence electrons. The first-order chi connectivity index (χ1) is 34.1. The second kappa shape index (κ2) is 27.0. The van der Waals surface area contributed by atoms with Gasteiger partial charge in [0.25, 0.3) is 0 Å². The molecule has 2 aliphatic heterocycles. The molecule has 4 aromatic rings. The molecule has 2 fully saturated rings. The van der Waals surface area contributed by atoms with Crippen LogP contribution in [0.2, 0.25) is 0 Å². The largest absolute Gasteiger partial charge is 0.382 e. The number of ether oxygens (including phenoxy) is 8. The standard InChI is InChI=1S/2C24H39N5O6S/c2*1-15(2)34-23(20-11-25-16(3)10-26-20)18(5)36(30,31)14-22-27-28-24(21-9-8-17(4)35-21)29(22)19(12-32-6)13-33-7/h2*10-11,15,17-19,21,23H,8-9,12-14H2,1-7H3/t17-,18+,21-,23-;17-,18-,21-,23+/m10/s1. The Morgan fingerprint density at radius 1 is 0.542 bits per heavy atom. The Kier molecular flexibility index (Phi) is 22.1. The van der Waals surface area contributed by atoms with Gasteiger partial charge in [-0.25, -0.2) is 16.8 Å². The van der Waals surface area contributed by atoms with Crippen molar-refractivity contribution in [2.75, 3.05) is 54.9 Å². The van der Waals surface area contributed by atoms with Gasteiger partial charge in [-0.2, -0.15) is 0 Å². The zero-order chi connectivity index (χ0) is 52.9. The summed E-state index contributed by atoms with van der Waals surface area (Å²) in [4.78, 5) is 17.4. The molecule has 0 spiro atoms. The molecule has 24 heteroatoms. The van der Waals surface area contributed by atoms with Gasteiger partial charge in [0.1, 0.15) is 47.6 Å². The number of aromatic nitrogens is 10. The Morgan fingerprint density at radius 3 is 1.15 bits per heavy atom. The van der Waals surface area contributed by atoms with Gasteiger partial charge in [-0.3, -0.25) is 19.9 Å². The first-order valence-electron chi connectivity index (χ1n) is 24.6. The summed E-state index contributed by atoms with van der Waals surface area (Å²) in [5.41, 5.74) is 2.42. The summed E-state index contributed by atoms with van der Waals surface area (Å²) in [5.74, 6) is 1.16. The first kappa shape index (κ1) is 58.9. The molecule has 0 aliphatic carbocycles. The number of aryl methyl sites for hydroxylation is 2. The van der Waals surface area contributed by atoms with E-state index in [0.29, 0.717) is 61.1 Å². The van der Waals surface area contributed by atoms with E-state index in [0.717, 1.165) is 37.1 Å². The maximum Gasteiger partial charge on any atom is 0.163 e. The van der Waals surface area contributed by atoms with Crippen molar-refractivity contribution in [3.63, 3.8) is 0 Å². The fourth-order valence-electron chi connectivity index (χ4n) is 8.78. The average Bonchev–Trinajstić information content (AvgIpc) is 4.14. The number of rotatable bonds is 26. The van der Waals surface area contributed by atoms with Gasteiger partial charge in [-0.15, -0.1) is 20.4 Å². The predicted molar refractivity (Wildman–Crippen MR) is 266 cm³/mol. The third-order valence-electron chi connectivity index (χ3n) is 12.5. The number of hydrogen-bond donors (Lipinski definition) is 0. The van der Waals surface area contributed by atoms with Gasteiger partial charge in [-0.05, 0) is 94.9 Å². The lowest BCUT2D eigenvalue weighted by Gasteiger charge is -2.26. The van der Waals surface area contributed by atoms with Crippen molar-refractivity contribution < 1.29 is 54.7 Å². The normalized spacial score (nSPS) is 20.4. The van der Waals surface area contributed by atoms with Crippen LogP contribution in [0, 0.1) is 13.8 Å². The van der Waals surface area contributed by atoms with Crippen molar-refractivity contribution in [1.82, 2.24) is 49.5 Å². The molecule has 6 heterocycles. The van der Waals surface area contributed by atoms with Crippen molar-refractivity contribution in [2.24, 2.45) is 0 Å². The van der Waals surface area contributed by atoms with Crippen LogP contribution in [-0.4, -0.2) is 156 Å². The zero-order valence-electron chi connectivity index (χ0n) is 44.5. The van der Waals surface area contributed by atoms with Gasteiger partial charge < -0.3 is 47.0 Å². The maximum absolute atomic E-state index is 13.7. The Balaban J connectivity index is 0.000000267. The molecule has 0 aromatic carbocycles. The second-order valence-electron chi connectivity index (χ2n) is 19.2.